The smallest absolute Gasteiger partial charge is 0.156 e. The van der Waals surface area contributed by atoms with Gasteiger partial charge in [0, 0.05) is 24.9 Å². The maximum Gasteiger partial charge on any atom is 0.156 e. The summed E-state index contributed by atoms with van der Waals surface area (Å²) in [6.45, 7) is 8.03. The number of nitrogens with one attached hydrogen (secondary N) is 1. The van der Waals surface area contributed by atoms with E-state index in [0.29, 0.717) is 12.0 Å². The minimum absolute atomic E-state index is 0.618. The van der Waals surface area contributed by atoms with Crippen LogP contribution in [-0.2, 0) is 0 Å². The minimum atomic E-state index is 0.618. The van der Waals surface area contributed by atoms with E-state index < -0.39 is 0 Å². The van der Waals surface area contributed by atoms with Crippen LogP contribution in [-0.4, -0.2) is 48.5 Å². The molecule has 0 aromatic heterocycles. The molecule has 1 N–H and O–H groups in total. The summed E-state index contributed by atoms with van der Waals surface area (Å²) >= 11 is 1.89. The molecule has 2 heterocycles. The Hall–Kier alpha value is -0.220. The number of aliphatic imine (C=N–C) groups is 1. The van der Waals surface area contributed by atoms with Crippen LogP contribution in [0.15, 0.2) is 4.99 Å². The first kappa shape index (κ1) is 13.2. The molecule has 0 radical (unpaired) electrons. The Bertz CT molecular complexity index is 278. The van der Waals surface area contributed by atoms with Crippen molar-refractivity contribution in [2.45, 2.75) is 32.7 Å². The quantitative estimate of drug-likeness (QED) is 0.836. The molecule has 17 heavy (non-hydrogen) atoms. The first-order chi connectivity index (χ1) is 8.15. The van der Waals surface area contributed by atoms with Gasteiger partial charge in [-0.05, 0) is 38.3 Å². The van der Waals surface area contributed by atoms with Crippen molar-refractivity contribution >= 4 is 16.9 Å². The zero-order valence-corrected chi connectivity index (χ0v) is 12.1. The standard InChI is InChI=1S/C13H25N3S/c1-10(2)12-9-17-13(15-12)14-7-11-5-4-6-16(3)8-11/h10-12H,4-9H2,1-3H3,(H,14,15). The first-order valence-electron chi connectivity index (χ1n) is 6.77. The number of hydrogen-bond acceptors (Lipinski definition) is 3. The second-order valence-corrected chi connectivity index (χ2v) is 6.73. The molecule has 2 fully saturated rings. The lowest BCUT2D eigenvalue weighted by molar-refractivity contribution is 0.214. The van der Waals surface area contributed by atoms with Crippen molar-refractivity contribution in [3.05, 3.63) is 0 Å². The second-order valence-electron chi connectivity index (χ2n) is 5.72. The fourth-order valence-electron chi connectivity index (χ4n) is 2.50. The van der Waals surface area contributed by atoms with E-state index >= 15 is 0 Å². The number of nitrogens with zero attached hydrogens (tertiary/aromatic N) is 2. The van der Waals surface area contributed by atoms with E-state index in [4.69, 9.17) is 4.99 Å². The molecule has 0 aromatic carbocycles. The lowest BCUT2D eigenvalue weighted by Crippen LogP contribution is -2.34. The summed E-state index contributed by atoms with van der Waals surface area (Å²) in [4.78, 5) is 7.19. The number of likely N-dealkylation sites (tertiary alicyclic amines) is 1. The third-order valence-electron chi connectivity index (χ3n) is 3.73. The predicted octanol–water partition coefficient (Wildman–Crippen LogP) is 2.05. The van der Waals surface area contributed by atoms with Crippen molar-refractivity contribution in [1.29, 1.82) is 0 Å². The molecular formula is C13H25N3S. The Morgan fingerprint density at radius 3 is 3.00 bits per heavy atom. The largest absolute Gasteiger partial charge is 0.361 e. The summed E-state index contributed by atoms with van der Waals surface area (Å²) in [5.74, 6) is 2.65. The van der Waals surface area contributed by atoms with Crippen LogP contribution < -0.4 is 5.32 Å². The van der Waals surface area contributed by atoms with Crippen molar-refractivity contribution < 1.29 is 0 Å². The van der Waals surface area contributed by atoms with Gasteiger partial charge in [0.1, 0.15) is 0 Å². The van der Waals surface area contributed by atoms with E-state index in [-0.39, 0.29) is 0 Å². The van der Waals surface area contributed by atoms with Gasteiger partial charge in [-0.25, -0.2) is 0 Å². The van der Waals surface area contributed by atoms with Gasteiger partial charge in [0.2, 0.25) is 0 Å². The third-order valence-corrected chi connectivity index (χ3v) is 4.77. The van der Waals surface area contributed by atoms with Crippen LogP contribution >= 0.6 is 11.8 Å². The highest BCUT2D eigenvalue weighted by Crippen LogP contribution is 2.20. The van der Waals surface area contributed by atoms with E-state index in [2.05, 4.69) is 31.1 Å². The normalized spacial score (nSPS) is 33.3. The molecule has 0 aliphatic carbocycles. The lowest BCUT2D eigenvalue weighted by atomic mass is 9.99. The van der Waals surface area contributed by atoms with Crippen LogP contribution in [0.25, 0.3) is 0 Å². The SMILES string of the molecule is CC(C)C1CSC(=NCC2CCCN(C)C2)N1. The number of rotatable bonds is 3. The highest BCUT2D eigenvalue weighted by molar-refractivity contribution is 8.14. The van der Waals surface area contributed by atoms with E-state index in [1.165, 1.54) is 36.9 Å². The first-order valence-corrected chi connectivity index (χ1v) is 7.76. The summed E-state index contributed by atoms with van der Waals surface area (Å²) in [5.41, 5.74) is 0. The fraction of sp³-hybridized carbons (Fsp3) is 0.923. The highest BCUT2D eigenvalue weighted by Gasteiger charge is 2.23. The minimum Gasteiger partial charge on any atom is -0.361 e. The van der Waals surface area contributed by atoms with E-state index in [1.54, 1.807) is 0 Å². The molecule has 2 saturated heterocycles. The predicted molar refractivity (Wildman–Crippen MR) is 76.7 cm³/mol. The molecule has 2 rings (SSSR count). The summed E-state index contributed by atoms with van der Waals surface area (Å²) in [5, 5.41) is 4.72. The van der Waals surface area contributed by atoms with Crippen molar-refractivity contribution in [3.63, 3.8) is 0 Å². The van der Waals surface area contributed by atoms with Crippen LogP contribution in [0.5, 0.6) is 0 Å². The molecule has 4 heteroatoms. The highest BCUT2D eigenvalue weighted by atomic mass is 32.2. The van der Waals surface area contributed by atoms with E-state index in [1.807, 2.05) is 11.8 Å². The van der Waals surface area contributed by atoms with Crippen molar-refractivity contribution in [2.75, 3.05) is 32.4 Å². The Balaban J connectivity index is 1.77. The van der Waals surface area contributed by atoms with E-state index in [0.717, 1.165) is 12.5 Å². The summed E-state index contributed by atoms with van der Waals surface area (Å²) in [6, 6.07) is 0.618. The van der Waals surface area contributed by atoms with Gasteiger partial charge < -0.3 is 10.2 Å². The van der Waals surface area contributed by atoms with Gasteiger partial charge in [0.05, 0.1) is 0 Å². The van der Waals surface area contributed by atoms with E-state index in [9.17, 15) is 0 Å². The molecule has 0 saturated carbocycles. The number of piperidine rings is 1. The van der Waals surface area contributed by atoms with Crippen LogP contribution in [0.4, 0.5) is 0 Å². The average molecular weight is 255 g/mol. The zero-order chi connectivity index (χ0) is 12.3. The molecule has 2 atom stereocenters. The Morgan fingerprint density at radius 1 is 1.53 bits per heavy atom. The molecule has 0 spiro atoms. The van der Waals surface area contributed by atoms with Crippen LogP contribution in [0.1, 0.15) is 26.7 Å². The van der Waals surface area contributed by atoms with Gasteiger partial charge in [-0.3, -0.25) is 4.99 Å². The van der Waals surface area contributed by atoms with Gasteiger partial charge in [-0.2, -0.15) is 0 Å². The molecule has 0 aromatic rings. The molecule has 0 bridgehead atoms. The fourth-order valence-corrected chi connectivity index (χ4v) is 3.70. The van der Waals surface area contributed by atoms with Gasteiger partial charge >= 0.3 is 0 Å². The third kappa shape index (κ3) is 3.88. The zero-order valence-electron chi connectivity index (χ0n) is 11.3. The summed E-state index contributed by atoms with van der Waals surface area (Å²) in [7, 11) is 2.22. The molecule has 2 unspecified atom stereocenters. The topological polar surface area (TPSA) is 27.6 Å². The number of amidine groups is 1. The molecule has 2 aliphatic heterocycles. The maximum atomic E-state index is 4.76. The molecular weight excluding hydrogens is 230 g/mol. The van der Waals surface area contributed by atoms with Gasteiger partial charge in [-0.1, -0.05) is 25.6 Å². The maximum absolute atomic E-state index is 4.76. The summed E-state index contributed by atoms with van der Waals surface area (Å²) < 4.78 is 0. The Kier molecular flexibility index (Phi) is 4.74. The molecule has 0 amide bonds. The monoisotopic (exact) mass is 255 g/mol. The van der Waals surface area contributed by atoms with Gasteiger partial charge in [0.25, 0.3) is 0 Å². The number of hydrogen-bond donors (Lipinski definition) is 1. The lowest BCUT2D eigenvalue weighted by Gasteiger charge is -2.28. The number of thioether (sulfide) groups is 1. The second kappa shape index (κ2) is 6.10. The van der Waals surface area contributed by atoms with Crippen LogP contribution in [0.3, 0.4) is 0 Å². The average Bonchev–Trinajstić information content (AvgIpc) is 2.75. The molecule has 98 valence electrons. The van der Waals surface area contributed by atoms with Crippen LogP contribution in [0, 0.1) is 11.8 Å². The van der Waals surface area contributed by atoms with Crippen LogP contribution in [0.2, 0.25) is 0 Å². The van der Waals surface area contributed by atoms with Gasteiger partial charge in [0.15, 0.2) is 5.17 Å². The molecule has 3 nitrogen and oxygen atoms in total. The van der Waals surface area contributed by atoms with Crippen molar-refractivity contribution in [1.82, 2.24) is 10.2 Å². The Morgan fingerprint density at radius 2 is 2.35 bits per heavy atom. The Labute approximate surface area is 109 Å². The molecule has 2 aliphatic rings. The van der Waals surface area contributed by atoms with Crippen molar-refractivity contribution in [3.8, 4) is 0 Å². The van der Waals surface area contributed by atoms with Crippen molar-refractivity contribution in [2.24, 2.45) is 16.8 Å². The van der Waals surface area contributed by atoms with Gasteiger partial charge in [-0.15, -0.1) is 0 Å². The summed E-state index contributed by atoms with van der Waals surface area (Å²) in [6.07, 6.45) is 2.68.